The van der Waals surface area contributed by atoms with Gasteiger partial charge in [0.15, 0.2) is 0 Å². The molecule has 0 saturated heterocycles. The van der Waals surface area contributed by atoms with Crippen molar-refractivity contribution in [3.8, 4) is 0 Å². The highest BCUT2D eigenvalue weighted by molar-refractivity contribution is 5.37. The Kier molecular flexibility index (Phi) is 2.77. The van der Waals surface area contributed by atoms with Gasteiger partial charge in [0.05, 0.1) is 0 Å². The highest BCUT2D eigenvalue weighted by atomic mass is 14.2. The predicted molar refractivity (Wildman–Crippen MR) is 66.0 cm³/mol. The molecule has 0 aromatic heterocycles. The Morgan fingerprint density at radius 2 is 1.80 bits per heavy atom. The van der Waals surface area contributed by atoms with Crippen LogP contribution in [-0.2, 0) is 0 Å². The third-order valence-electron chi connectivity index (χ3n) is 3.21. The Bertz CT molecular complexity index is 410. The van der Waals surface area contributed by atoms with Gasteiger partial charge in [0.1, 0.15) is 0 Å². The van der Waals surface area contributed by atoms with Crippen molar-refractivity contribution in [2.75, 3.05) is 0 Å². The van der Waals surface area contributed by atoms with E-state index >= 15 is 0 Å². The smallest absolute Gasteiger partial charge is 0.00841 e. The first-order valence-corrected chi connectivity index (χ1v) is 5.60. The number of aryl methyl sites for hydroxylation is 1. The summed E-state index contributed by atoms with van der Waals surface area (Å²) in [6.07, 6.45) is 6.93. The van der Waals surface area contributed by atoms with Crippen LogP contribution in [0.15, 0.2) is 48.1 Å². The molecule has 0 heteroatoms. The van der Waals surface area contributed by atoms with Crippen LogP contribution in [0.25, 0.3) is 0 Å². The molecule has 0 heterocycles. The molecule has 0 aliphatic heterocycles. The molecule has 0 amide bonds. The molecular formula is C15H18. The first kappa shape index (κ1) is 10.2. The van der Waals surface area contributed by atoms with Gasteiger partial charge in [-0.1, -0.05) is 55.0 Å². The van der Waals surface area contributed by atoms with Crippen molar-refractivity contribution in [2.45, 2.75) is 26.7 Å². The Hall–Kier alpha value is -1.30. The van der Waals surface area contributed by atoms with E-state index < -0.39 is 0 Å². The lowest BCUT2D eigenvalue weighted by Crippen LogP contribution is -2.09. The molecule has 1 aliphatic rings. The van der Waals surface area contributed by atoms with E-state index in [1.165, 1.54) is 16.7 Å². The summed E-state index contributed by atoms with van der Waals surface area (Å²) in [5, 5.41) is 0. The second kappa shape index (κ2) is 4.06. The van der Waals surface area contributed by atoms with Gasteiger partial charge in [0.2, 0.25) is 0 Å². The van der Waals surface area contributed by atoms with Crippen LogP contribution in [0.2, 0.25) is 0 Å². The molecule has 0 radical (unpaired) electrons. The number of allylic oxidation sites excluding steroid dienone is 4. The Morgan fingerprint density at radius 1 is 1.07 bits per heavy atom. The van der Waals surface area contributed by atoms with Crippen LogP contribution in [0.1, 0.15) is 30.9 Å². The van der Waals surface area contributed by atoms with Crippen molar-refractivity contribution >= 4 is 0 Å². The van der Waals surface area contributed by atoms with Gasteiger partial charge in [-0.05, 0) is 30.9 Å². The third kappa shape index (κ3) is 2.04. The summed E-state index contributed by atoms with van der Waals surface area (Å²) in [6, 6.07) is 8.68. The molecular weight excluding hydrogens is 180 g/mol. The van der Waals surface area contributed by atoms with E-state index in [0.717, 1.165) is 0 Å². The summed E-state index contributed by atoms with van der Waals surface area (Å²) in [7, 11) is 0. The van der Waals surface area contributed by atoms with Crippen molar-refractivity contribution in [1.82, 2.24) is 0 Å². The molecule has 0 bridgehead atoms. The van der Waals surface area contributed by atoms with Gasteiger partial charge in [-0.25, -0.2) is 0 Å². The molecule has 78 valence electrons. The largest absolute Gasteiger partial charge is 0.0778 e. The normalized spacial score (nSPS) is 25.1. The molecule has 15 heavy (non-hydrogen) atoms. The van der Waals surface area contributed by atoms with Crippen LogP contribution in [-0.4, -0.2) is 0 Å². The lowest BCUT2D eigenvalue weighted by Gasteiger charge is -2.24. The van der Waals surface area contributed by atoms with Crippen LogP contribution in [0.3, 0.4) is 0 Å². The number of benzene rings is 1. The maximum absolute atomic E-state index is 2.36. The van der Waals surface area contributed by atoms with Gasteiger partial charge in [0.25, 0.3) is 0 Å². The average molecular weight is 198 g/mol. The molecule has 1 aromatic carbocycles. The fraction of sp³-hybridized carbons (Fsp3) is 0.333. The van der Waals surface area contributed by atoms with Crippen molar-refractivity contribution in [3.05, 3.63) is 59.2 Å². The minimum Gasteiger partial charge on any atom is -0.0778 e. The SMILES string of the molecule is CC1=CC(C)C(c2ccccc2C)C=C1. The Balaban J connectivity index is 2.34. The summed E-state index contributed by atoms with van der Waals surface area (Å²) < 4.78 is 0. The van der Waals surface area contributed by atoms with Crippen molar-refractivity contribution < 1.29 is 0 Å². The zero-order valence-electron chi connectivity index (χ0n) is 9.70. The summed E-state index contributed by atoms with van der Waals surface area (Å²) in [6.45, 7) is 6.66. The summed E-state index contributed by atoms with van der Waals surface area (Å²) >= 11 is 0. The van der Waals surface area contributed by atoms with E-state index in [-0.39, 0.29) is 0 Å². The Morgan fingerprint density at radius 3 is 2.47 bits per heavy atom. The van der Waals surface area contributed by atoms with Gasteiger partial charge < -0.3 is 0 Å². The van der Waals surface area contributed by atoms with E-state index in [9.17, 15) is 0 Å². The molecule has 0 nitrogen and oxygen atoms in total. The molecule has 2 rings (SSSR count). The van der Waals surface area contributed by atoms with Gasteiger partial charge in [0, 0.05) is 5.92 Å². The maximum atomic E-state index is 2.36. The highest BCUT2D eigenvalue weighted by Crippen LogP contribution is 2.33. The van der Waals surface area contributed by atoms with Crippen molar-refractivity contribution in [3.63, 3.8) is 0 Å². The number of rotatable bonds is 1. The number of hydrogen-bond donors (Lipinski definition) is 0. The molecule has 1 aliphatic carbocycles. The fourth-order valence-corrected chi connectivity index (χ4v) is 2.35. The lowest BCUT2D eigenvalue weighted by molar-refractivity contribution is 0.627. The summed E-state index contributed by atoms with van der Waals surface area (Å²) in [5.74, 6) is 1.16. The van der Waals surface area contributed by atoms with Gasteiger partial charge in [-0.3, -0.25) is 0 Å². The fourth-order valence-electron chi connectivity index (χ4n) is 2.35. The second-order valence-electron chi connectivity index (χ2n) is 4.51. The topological polar surface area (TPSA) is 0 Å². The van der Waals surface area contributed by atoms with E-state index in [1.807, 2.05) is 0 Å². The van der Waals surface area contributed by atoms with Crippen molar-refractivity contribution in [1.29, 1.82) is 0 Å². The number of hydrogen-bond acceptors (Lipinski definition) is 0. The molecule has 0 N–H and O–H groups in total. The van der Waals surface area contributed by atoms with Gasteiger partial charge in [-0.2, -0.15) is 0 Å². The average Bonchev–Trinajstić information content (AvgIpc) is 2.20. The second-order valence-corrected chi connectivity index (χ2v) is 4.51. The van der Waals surface area contributed by atoms with E-state index in [1.54, 1.807) is 0 Å². The zero-order valence-corrected chi connectivity index (χ0v) is 9.70. The van der Waals surface area contributed by atoms with Gasteiger partial charge in [-0.15, -0.1) is 0 Å². The third-order valence-corrected chi connectivity index (χ3v) is 3.21. The van der Waals surface area contributed by atoms with Crippen LogP contribution < -0.4 is 0 Å². The van der Waals surface area contributed by atoms with E-state index in [4.69, 9.17) is 0 Å². The van der Waals surface area contributed by atoms with E-state index in [0.29, 0.717) is 11.8 Å². The first-order chi connectivity index (χ1) is 7.18. The van der Waals surface area contributed by atoms with Gasteiger partial charge >= 0.3 is 0 Å². The molecule has 2 unspecified atom stereocenters. The standard InChI is InChI=1S/C15H18/c1-11-8-9-15(13(3)10-11)14-7-5-4-6-12(14)2/h4-10,13,15H,1-3H3. The lowest BCUT2D eigenvalue weighted by atomic mass is 9.81. The monoisotopic (exact) mass is 198 g/mol. The van der Waals surface area contributed by atoms with Crippen molar-refractivity contribution in [2.24, 2.45) is 5.92 Å². The molecule has 1 aromatic rings. The van der Waals surface area contributed by atoms with Crippen LogP contribution in [0.5, 0.6) is 0 Å². The predicted octanol–water partition coefficient (Wildman–Crippen LogP) is 4.23. The molecule has 0 spiro atoms. The Labute approximate surface area is 92.3 Å². The quantitative estimate of drug-likeness (QED) is 0.633. The summed E-state index contributed by atoms with van der Waals surface area (Å²) in [4.78, 5) is 0. The maximum Gasteiger partial charge on any atom is 0.00841 e. The van der Waals surface area contributed by atoms with E-state index in [2.05, 4.69) is 63.3 Å². The minimum absolute atomic E-state index is 0.551. The first-order valence-electron chi connectivity index (χ1n) is 5.60. The van der Waals surface area contributed by atoms with Crippen LogP contribution in [0, 0.1) is 12.8 Å². The zero-order chi connectivity index (χ0) is 10.8. The van der Waals surface area contributed by atoms with Crippen LogP contribution in [0.4, 0.5) is 0 Å². The minimum atomic E-state index is 0.551. The molecule has 0 saturated carbocycles. The molecule has 0 fully saturated rings. The highest BCUT2D eigenvalue weighted by Gasteiger charge is 2.18. The van der Waals surface area contributed by atoms with Crippen LogP contribution >= 0.6 is 0 Å². The summed E-state index contributed by atoms with van der Waals surface area (Å²) in [5.41, 5.74) is 4.24. The molecule has 2 atom stereocenters.